The van der Waals surface area contributed by atoms with Gasteiger partial charge in [-0.25, -0.2) is 4.98 Å². The fourth-order valence-electron chi connectivity index (χ4n) is 1.78. The van der Waals surface area contributed by atoms with Crippen LogP contribution in [0.2, 0.25) is 0 Å². The van der Waals surface area contributed by atoms with Crippen LogP contribution in [0, 0.1) is 0 Å². The Balaban J connectivity index is 2.20. The number of hydrogen-bond acceptors (Lipinski definition) is 3. The largest absolute Gasteiger partial charge is 0.383 e. The molecule has 0 atom stereocenters. The van der Waals surface area contributed by atoms with E-state index in [9.17, 15) is 0 Å². The zero-order valence-electron chi connectivity index (χ0n) is 9.60. The van der Waals surface area contributed by atoms with Crippen molar-refractivity contribution >= 4 is 17.2 Å². The lowest BCUT2D eigenvalue weighted by molar-refractivity contribution is 0.519. The Bertz CT molecular complexity index is 460. The second kappa shape index (κ2) is 4.26. The van der Waals surface area contributed by atoms with E-state index in [-0.39, 0.29) is 5.41 Å². The van der Waals surface area contributed by atoms with Crippen molar-refractivity contribution in [2.24, 2.45) is 0 Å². The van der Waals surface area contributed by atoms with Crippen molar-refractivity contribution in [1.29, 1.82) is 0 Å². The van der Waals surface area contributed by atoms with Gasteiger partial charge in [-0.15, -0.1) is 11.3 Å². The second-order valence-electron chi connectivity index (χ2n) is 4.62. The van der Waals surface area contributed by atoms with Crippen LogP contribution in [0.3, 0.4) is 0 Å². The topological polar surface area (TPSA) is 38.9 Å². The van der Waals surface area contributed by atoms with Crippen molar-refractivity contribution in [3.63, 3.8) is 0 Å². The summed E-state index contributed by atoms with van der Waals surface area (Å²) in [7, 11) is 0. The van der Waals surface area contributed by atoms with Crippen LogP contribution in [0.1, 0.15) is 24.4 Å². The maximum Gasteiger partial charge on any atom is 0.134 e. The van der Waals surface area contributed by atoms with Crippen LogP contribution < -0.4 is 5.73 Å². The van der Waals surface area contributed by atoms with Gasteiger partial charge in [0.05, 0.1) is 0 Å². The third kappa shape index (κ3) is 2.42. The number of hydrogen-bond donors (Lipinski definition) is 1. The predicted octanol–water partition coefficient (Wildman–Crippen LogP) is 3.25. The number of benzene rings is 1. The number of thiazole rings is 1. The fraction of sp³-hybridized carbons (Fsp3) is 0.308. The first-order chi connectivity index (χ1) is 7.58. The summed E-state index contributed by atoms with van der Waals surface area (Å²) in [6.45, 7) is 4.41. The molecule has 0 radical (unpaired) electrons. The van der Waals surface area contributed by atoms with Gasteiger partial charge in [0, 0.05) is 10.8 Å². The molecule has 1 aromatic carbocycles. The molecule has 0 aliphatic carbocycles. The second-order valence-corrected chi connectivity index (χ2v) is 5.48. The molecule has 3 heteroatoms. The van der Waals surface area contributed by atoms with Crippen LogP contribution in [0.5, 0.6) is 0 Å². The Kier molecular flexibility index (Phi) is 2.97. The quantitative estimate of drug-likeness (QED) is 0.882. The van der Waals surface area contributed by atoms with Crippen molar-refractivity contribution in [1.82, 2.24) is 4.98 Å². The molecule has 0 unspecified atom stereocenters. The van der Waals surface area contributed by atoms with E-state index >= 15 is 0 Å². The summed E-state index contributed by atoms with van der Waals surface area (Å²) >= 11 is 1.64. The molecule has 2 rings (SSSR count). The van der Waals surface area contributed by atoms with Crippen molar-refractivity contribution in [3.8, 4) is 0 Å². The highest BCUT2D eigenvalue weighted by atomic mass is 32.1. The van der Waals surface area contributed by atoms with E-state index in [1.807, 2.05) is 11.4 Å². The van der Waals surface area contributed by atoms with Crippen LogP contribution in [-0.4, -0.2) is 4.98 Å². The standard InChI is InChI=1S/C13H16N2S/c1-13(2,12-15-11(14)9-16-12)8-10-6-4-3-5-7-10/h3-7,9H,8,14H2,1-2H3. The summed E-state index contributed by atoms with van der Waals surface area (Å²) in [5, 5.41) is 3.01. The Morgan fingerprint density at radius 1 is 1.25 bits per heavy atom. The zero-order valence-corrected chi connectivity index (χ0v) is 10.4. The number of rotatable bonds is 3. The van der Waals surface area contributed by atoms with E-state index in [4.69, 9.17) is 5.73 Å². The van der Waals surface area contributed by atoms with E-state index in [2.05, 4.69) is 43.1 Å². The van der Waals surface area contributed by atoms with E-state index in [1.54, 1.807) is 11.3 Å². The molecule has 2 N–H and O–H groups in total. The van der Waals surface area contributed by atoms with Gasteiger partial charge in [-0.3, -0.25) is 0 Å². The molecule has 0 bridgehead atoms. The highest BCUT2D eigenvalue weighted by Crippen LogP contribution is 2.30. The van der Waals surface area contributed by atoms with Crippen molar-refractivity contribution in [3.05, 3.63) is 46.3 Å². The molecule has 2 nitrogen and oxygen atoms in total. The molecule has 1 aromatic heterocycles. The maximum absolute atomic E-state index is 5.67. The monoisotopic (exact) mass is 232 g/mol. The van der Waals surface area contributed by atoms with Gasteiger partial charge in [0.25, 0.3) is 0 Å². The molecule has 1 heterocycles. The van der Waals surface area contributed by atoms with Crippen molar-refractivity contribution in [2.75, 3.05) is 5.73 Å². The molecule has 16 heavy (non-hydrogen) atoms. The van der Waals surface area contributed by atoms with E-state index in [0.29, 0.717) is 5.82 Å². The van der Waals surface area contributed by atoms with Crippen LogP contribution in [-0.2, 0) is 11.8 Å². The third-order valence-electron chi connectivity index (χ3n) is 2.59. The number of nitrogens with zero attached hydrogens (tertiary/aromatic N) is 1. The van der Waals surface area contributed by atoms with E-state index in [0.717, 1.165) is 11.4 Å². The van der Waals surface area contributed by atoms with Crippen LogP contribution in [0.15, 0.2) is 35.7 Å². The number of aromatic nitrogens is 1. The zero-order chi connectivity index (χ0) is 11.6. The lowest BCUT2D eigenvalue weighted by atomic mass is 9.86. The lowest BCUT2D eigenvalue weighted by Crippen LogP contribution is -2.20. The minimum Gasteiger partial charge on any atom is -0.383 e. The van der Waals surface area contributed by atoms with Gasteiger partial charge in [0.1, 0.15) is 10.8 Å². The summed E-state index contributed by atoms with van der Waals surface area (Å²) in [6.07, 6.45) is 0.987. The van der Waals surface area contributed by atoms with E-state index < -0.39 is 0 Å². The number of nitrogens with two attached hydrogens (primary N) is 1. The Morgan fingerprint density at radius 2 is 1.94 bits per heavy atom. The first-order valence-electron chi connectivity index (χ1n) is 5.33. The van der Waals surface area contributed by atoms with Gasteiger partial charge >= 0.3 is 0 Å². The molecule has 2 aromatic rings. The molecule has 0 amide bonds. The summed E-state index contributed by atoms with van der Waals surface area (Å²) in [4.78, 5) is 4.37. The average Bonchev–Trinajstić information content (AvgIpc) is 2.66. The van der Waals surface area contributed by atoms with Crippen LogP contribution in [0.4, 0.5) is 5.82 Å². The van der Waals surface area contributed by atoms with Crippen LogP contribution in [0.25, 0.3) is 0 Å². The molecular formula is C13H16N2S. The van der Waals surface area contributed by atoms with Gasteiger partial charge in [-0.2, -0.15) is 0 Å². The molecule has 0 aliphatic heterocycles. The number of nitrogen functional groups attached to an aromatic ring is 1. The third-order valence-corrected chi connectivity index (χ3v) is 3.82. The smallest absolute Gasteiger partial charge is 0.134 e. The molecule has 0 aliphatic rings. The van der Waals surface area contributed by atoms with Crippen molar-refractivity contribution < 1.29 is 0 Å². The molecule has 0 fully saturated rings. The Labute approximate surface area is 100 Å². The van der Waals surface area contributed by atoms with Crippen molar-refractivity contribution in [2.45, 2.75) is 25.7 Å². The number of anilines is 1. The molecule has 84 valence electrons. The first kappa shape index (κ1) is 11.1. The summed E-state index contributed by atoms with van der Waals surface area (Å²) in [5.74, 6) is 0.626. The average molecular weight is 232 g/mol. The summed E-state index contributed by atoms with van der Waals surface area (Å²) < 4.78 is 0. The highest BCUT2D eigenvalue weighted by molar-refractivity contribution is 7.10. The normalized spacial score (nSPS) is 11.6. The van der Waals surface area contributed by atoms with Gasteiger partial charge in [0.15, 0.2) is 0 Å². The summed E-state index contributed by atoms with van der Waals surface area (Å²) in [6, 6.07) is 10.5. The lowest BCUT2D eigenvalue weighted by Gasteiger charge is -2.21. The van der Waals surface area contributed by atoms with Gasteiger partial charge in [0.2, 0.25) is 0 Å². The van der Waals surface area contributed by atoms with Gasteiger partial charge < -0.3 is 5.73 Å². The molecule has 0 spiro atoms. The van der Waals surface area contributed by atoms with E-state index in [1.165, 1.54) is 5.56 Å². The first-order valence-corrected chi connectivity index (χ1v) is 6.21. The highest BCUT2D eigenvalue weighted by Gasteiger charge is 2.24. The van der Waals surface area contributed by atoms with Crippen LogP contribution >= 0.6 is 11.3 Å². The maximum atomic E-state index is 5.67. The molecule has 0 saturated carbocycles. The Hall–Kier alpha value is -1.35. The SMILES string of the molecule is CC(C)(Cc1ccccc1)c1nc(N)cs1. The predicted molar refractivity (Wildman–Crippen MR) is 69.7 cm³/mol. The molecule has 0 saturated heterocycles. The minimum absolute atomic E-state index is 0.0453. The Morgan fingerprint density at radius 3 is 2.50 bits per heavy atom. The summed E-state index contributed by atoms with van der Waals surface area (Å²) in [5.41, 5.74) is 7.05. The van der Waals surface area contributed by atoms with Gasteiger partial charge in [-0.1, -0.05) is 44.2 Å². The van der Waals surface area contributed by atoms with Gasteiger partial charge in [-0.05, 0) is 12.0 Å². The fourth-order valence-corrected chi connectivity index (χ4v) is 2.61. The minimum atomic E-state index is 0.0453. The molecular weight excluding hydrogens is 216 g/mol.